The zero-order valence-corrected chi connectivity index (χ0v) is 14.4. The van der Waals surface area contributed by atoms with Crippen LogP contribution in [0.15, 0.2) is 24.3 Å². The molecule has 0 unspecified atom stereocenters. The van der Waals surface area contributed by atoms with Crippen molar-refractivity contribution in [3.8, 4) is 6.07 Å². The standard InChI is InChI=1S/C21H33N/c1-3-4-6-18-8-12-20(13-9-18)17(2)21-14-10-19(11-15-21)7-5-16-22/h5,7,18-21H,2-4,6,8-15H2,1H3/b7-5+. The Labute approximate surface area is 137 Å². The number of allylic oxidation sites excluding steroid dienone is 3. The predicted octanol–water partition coefficient (Wildman–Crippen LogP) is 6.43. The van der Waals surface area contributed by atoms with Crippen LogP contribution >= 0.6 is 0 Å². The van der Waals surface area contributed by atoms with Gasteiger partial charge in [-0.25, -0.2) is 0 Å². The van der Waals surface area contributed by atoms with Crippen molar-refractivity contribution < 1.29 is 0 Å². The van der Waals surface area contributed by atoms with Gasteiger partial charge in [0, 0.05) is 6.08 Å². The second-order valence-electron chi connectivity index (χ2n) is 7.53. The average molecular weight is 300 g/mol. The minimum absolute atomic E-state index is 0.633. The van der Waals surface area contributed by atoms with E-state index >= 15 is 0 Å². The Morgan fingerprint density at radius 1 is 1.05 bits per heavy atom. The Hall–Kier alpha value is -1.03. The molecule has 0 bridgehead atoms. The first-order valence-corrected chi connectivity index (χ1v) is 9.49. The molecule has 0 aromatic heterocycles. The number of nitriles is 1. The van der Waals surface area contributed by atoms with Crippen molar-refractivity contribution in [3.63, 3.8) is 0 Å². The molecule has 1 heteroatoms. The average Bonchev–Trinajstić information content (AvgIpc) is 2.58. The van der Waals surface area contributed by atoms with Crippen LogP contribution in [0.3, 0.4) is 0 Å². The molecule has 2 aliphatic rings. The third kappa shape index (κ3) is 5.01. The zero-order chi connectivity index (χ0) is 15.8. The Morgan fingerprint density at radius 2 is 1.64 bits per heavy atom. The molecule has 2 fully saturated rings. The molecule has 0 radical (unpaired) electrons. The summed E-state index contributed by atoms with van der Waals surface area (Å²) in [5.41, 5.74) is 1.57. The highest BCUT2D eigenvalue weighted by atomic mass is 14.3. The summed E-state index contributed by atoms with van der Waals surface area (Å²) in [6.07, 6.45) is 18.7. The molecular formula is C21H33N. The Balaban J connectivity index is 1.72. The first-order chi connectivity index (χ1) is 10.7. The lowest BCUT2D eigenvalue weighted by Crippen LogP contribution is -2.22. The first kappa shape index (κ1) is 17.3. The van der Waals surface area contributed by atoms with Crippen LogP contribution in [0, 0.1) is 35.0 Å². The van der Waals surface area contributed by atoms with Crippen LogP contribution in [0.5, 0.6) is 0 Å². The van der Waals surface area contributed by atoms with Gasteiger partial charge in [-0.05, 0) is 75.0 Å². The Morgan fingerprint density at radius 3 is 2.18 bits per heavy atom. The lowest BCUT2D eigenvalue weighted by molar-refractivity contribution is 0.253. The second-order valence-corrected chi connectivity index (χ2v) is 7.53. The molecule has 2 rings (SSSR count). The minimum atomic E-state index is 0.633. The fourth-order valence-corrected chi connectivity index (χ4v) is 4.51. The molecule has 22 heavy (non-hydrogen) atoms. The molecule has 0 amide bonds. The monoisotopic (exact) mass is 299 g/mol. The van der Waals surface area contributed by atoms with Gasteiger partial charge in [-0.2, -0.15) is 5.26 Å². The fraction of sp³-hybridized carbons (Fsp3) is 0.762. The second kappa shape index (κ2) is 9.19. The molecule has 122 valence electrons. The van der Waals surface area contributed by atoms with Crippen molar-refractivity contribution in [2.75, 3.05) is 0 Å². The summed E-state index contributed by atoms with van der Waals surface area (Å²) in [6.45, 7) is 6.81. The number of nitrogens with zero attached hydrogens (tertiary/aromatic N) is 1. The lowest BCUT2D eigenvalue weighted by Gasteiger charge is -2.35. The summed E-state index contributed by atoms with van der Waals surface area (Å²) in [5, 5.41) is 8.63. The third-order valence-corrected chi connectivity index (χ3v) is 6.08. The van der Waals surface area contributed by atoms with Crippen molar-refractivity contribution >= 4 is 0 Å². The maximum absolute atomic E-state index is 8.63. The zero-order valence-electron chi connectivity index (χ0n) is 14.4. The van der Waals surface area contributed by atoms with E-state index in [1.54, 1.807) is 11.6 Å². The van der Waals surface area contributed by atoms with Gasteiger partial charge >= 0.3 is 0 Å². The quantitative estimate of drug-likeness (QED) is 0.410. The lowest BCUT2D eigenvalue weighted by atomic mass is 9.70. The topological polar surface area (TPSA) is 23.8 Å². The molecule has 0 atom stereocenters. The normalized spacial score (nSPS) is 32.7. The molecule has 2 aliphatic carbocycles. The van der Waals surface area contributed by atoms with E-state index in [0.717, 1.165) is 17.8 Å². The van der Waals surface area contributed by atoms with Crippen LogP contribution in [0.4, 0.5) is 0 Å². The third-order valence-electron chi connectivity index (χ3n) is 6.08. The molecule has 0 aliphatic heterocycles. The van der Waals surface area contributed by atoms with Crippen molar-refractivity contribution in [3.05, 3.63) is 24.3 Å². The van der Waals surface area contributed by atoms with Crippen LogP contribution in [0.25, 0.3) is 0 Å². The van der Waals surface area contributed by atoms with Gasteiger partial charge in [-0.3, -0.25) is 0 Å². The maximum Gasteiger partial charge on any atom is 0.0908 e. The van der Waals surface area contributed by atoms with Crippen molar-refractivity contribution in [2.45, 2.75) is 77.6 Å². The molecule has 0 aromatic rings. The van der Waals surface area contributed by atoms with E-state index in [2.05, 4.69) is 25.6 Å². The van der Waals surface area contributed by atoms with Crippen LogP contribution in [0.2, 0.25) is 0 Å². The number of hydrogen-bond acceptors (Lipinski definition) is 1. The van der Waals surface area contributed by atoms with Gasteiger partial charge in [0.1, 0.15) is 0 Å². The van der Waals surface area contributed by atoms with Gasteiger partial charge < -0.3 is 0 Å². The summed E-state index contributed by atoms with van der Waals surface area (Å²) in [7, 11) is 0. The number of rotatable bonds is 6. The van der Waals surface area contributed by atoms with Crippen LogP contribution in [-0.4, -0.2) is 0 Å². The van der Waals surface area contributed by atoms with E-state index in [9.17, 15) is 0 Å². The Kier molecular flexibility index (Phi) is 7.23. The van der Waals surface area contributed by atoms with Crippen LogP contribution in [-0.2, 0) is 0 Å². The van der Waals surface area contributed by atoms with Crippen LogP contribution < -0.4 is 0 Å². The van der Waals surface area contributed by atoms with Crippen molar-refractivity contribution in [1.29, 1.82) is 5.26 Å². The van der Waals surface area contributed by atoms with Gasteiger partial charge in [0.2, 0.25) is 0 Å². The van der Waals surface area contributed by atoms with E-state index in [1.165, 1.54) is 70.6 Å². The highest BCUT2D eigenvalue weighted by Gasteiger charge is 2.28. The minimum Gasteiger partial charge on any atom is -0.193 e. The van der Waals surface area contributed by atoms with E-state index in [1.807, 2.05) is 0 Å². The molecule has 0 N–H and O–H groups in total. The highest BCUT2D eigenvalue weighted by molar-refractivity contribution is 5.10. The maximum atomic E-state index is 8.63. The molecular weight excluding hydrogens is 266 g/mol. The number of hydrogen-bond donors (Lipinski definition) is 0. The molecule has 0 saturated heterocycles. The van der Waals surface area contributed by atoms with E-state index in [0.29, 0.717) is 5.92 Å². The van der Waals surface area contributed by atoms with Gasteiger partial charge in [-0.1, -0.05) is 44.4 Å². The summed E-state index contributed by atoms with van der Waals surface area (Å²) in [6, 6.07) is 2.12. The predicted molar refractivity (Wildman–Crippen MR) is 94.3 cm³/mol. The summed E-state index contributed by atoms with van der Waals surface area (Å²) in [4.78, 5) is 0. The van der Waals surface area contributed by atoms with Gasteiger partial charge in [0.15, 0.2) is 0 Å². The summed E-state index contributed by atoms with van der Waals surface area (Å²) in [5.74, 6) is 3.18. The molecule has 0 spiro atoms. The smallest absolute Gasteiger partial charge is 0.0908 e. The van der Waals surface area contributed by atoms with E-state index < -0.39 is 0 Å². The first-order valence-electron chi connectivity index (χ1n) is 9.49. The largest absolute Gasteiger partial charge is 0.193 e. The molecule has 0 aromatic carbocycles. The highest BCUT2D eigenvalue weighted by Crippen LogP contribution is 2.42. The van der Waals surface area contributed by atoms with Crippen LogP contribution in [0.1, 0.15) is 77.6 Å². The van der Waals surface area contributed by atoms with Gasteiger partial charge in [0.25, 0.3) is 0 Å². The van der Waals surface area contributed by atoms with Gasteiger partial charge in [-0.15, -0.1) is 0 Å². The Bertz CT molecular complexity index is 398. The fourth-order valence-electron chi connectivity index (χ4n) is 4.51. The summed E-state index contributed by atoms with van der Waals surface area (Å²) >= 11 is 0. The molecule has 0 heterocycles. The van der Waals surface area contributed by atoms with Crippen molar-refractivity contribution in [1.82, 2.24) is 0 Å². The summed E-state index contributed by atoms with van der Waals surface area (Å²) < 4.78 is 0. The SMILES string of the molecule is C=C(C1CCC(/C=C/C#N)CC1)C1CCC(CCCC)CC1. The molecule has 2 saturated carbocycles. The van der Waals surface area contributed by atoms with E-state index in [4.69, 9.17) is 5.26 Å². The molecule has 1 nitrogen and oxygen atoms in total. The van der Waals surface area contributed by atoms with E-state index in [-0.39, 0.29) is 0 Å². The van der Waals surface area contributed by atoms with Crippen molar-refractivity contribution in [2.24, 2.45) is 23.7 Å². The van der Waals surface area contributed by atoms with Gasteiger partial charge in [0.05, 0.1) is 6.07 Å². The number of unbranched alkanes of at least 4 members (excludes halogenated alkanes) is 1.